The zero-order valence-corrected chi connectivity index (χ0v) is 23.0. The van der Waals surface area contributed by atoms with Gasteiger partial charge in [0.1, 0.15) is 23.0 Å². The van der Waals surface area contributed by atoms with Gasteiger partial charge < -0.3 is 19.7 Å². The number of carbonyl (C=O) groups excluding carboxylic acids is 3. The van der Waals surface area contributed by atoms with Gasteiger partial charge in [0.15, 0.2) is 11.6 Å². The molecule has 1 aromatic heterocycles. The number of ether oxygens (including phenoxy) is 2. The Balaban J connectivity index is 1.54. The highest BCUT2D eigenvalue weighted by molar-refractivity contribution is 6.17. The molecule has 0 radical (unpaired) electrons. The lowest BCUT2D eigenvalue weighted by molar-refractivity contribution is -0.122. The second kappa shape index (κ2) is 9.69. The van der Waals surface area contributed by atoms with Gasteiger partial charge in [-0.1, -0.05) is 42.5 Å². The molecule has 1 saturated heterocycles. The van der Waals surface area contributed by atoms with Crippen LogP contribution in [0.25, 0.3) is 6.08 Å². The molecule has 3 aliphatic heterocycles. The summed E-state index contributed by atoms with van der Waals surface area (Å²) in [6.45, 7) is 0. The van der Waals surface area contributed by atoms with Gasteiger partial charge in [0.2, 0.25) is 5.91 Å². The van der Waals surface area contributed by atoms with E-state index < -0.39 is 23.4 Å². The minimum absolute atomic E-state index is 0.264. The average Bonchev–Trinajstić information content (AvgIpc) is 3.52. The van der Waals surface area contributed by atoms with Gasteiger partial charge in [0.05, 0.1) is 31.7 Å². The van der Waals surface area contributed by atoms with Crippen LogP contribution in [0.1, 0.15) is 43.4 Å². The lowest BCUT2D eigenvalue weighted by atomic mass is 9.62. The fraction of sp³-hybridized carbons (Fsp3) is 0.176. The number of hydrogen-bond donors (Lipinski definition) is 1. The fourth-order valence-corrected chi connectivity index (χ4v) is 7.02. The summed E-state index contributed by atoms with van der Waals surface area (Å²) in [6, 6.07) is 21.9. The van der Waals surface area contributed by atoms with Crippen LogP contribution in [0.5, 0.6) is 11.5 Å². The van der Waals surface area contributed by atoms with Crippen LogP contribution in [0.2, 0.25) is 0 Å². The summed E-state index contributed by atoms with van der Waals surface area (Å²) in [5.41, 5.74) is 2.28. The Kier molecular flexibility index (Phi) is 5.93. The molecule has 1 spiro atoms. The maximum Gasteiger partial charge on any atom is 0.238 e. The SMILES string of the molecule is COc1ccc(OC)c(C(=O)[C@@H]2[C@H](C(=O)c3cccnc3)[C@]3(C(=O)Nc4ccccc43)[C@H]3c4ccccc4C=CN23)c1. The molecule has 1 fully saturated rings. The number of methoxy groups -OCH3 is 2. The smallest absolute Gasteiger partial charge is 0.238 e. The fourth-order valence-electron chi connectivity index (χ4n) is 7.02. The van der Waals surface area contributed by atoms with Crippen molar-refractivity contribution in [2.75, 3.05) is 19.5 Å². The number of pyridine rings is 1. The first-order chi connectivity index (χ1) is 20.5. The Morgan fingerprint density at radius 1 is 0.929 bits per heavy atom. The van der Waals surface area contributed by atoms with Gasteiger partial charge in [-0.3, -0.25) is 19.4 Å². The zero-order chi connectivity index (χ0) is 29.0. The van der Waals surface area contributed by atoms with Gasteiger partial charge in [-0.2, -0.15) is 0 Å². The first kappa shape index (κ1) is 25.7. The molecule has 1 N–H and O–H groups in total. The van der Waals surface area contributed by atoms with Crippen molar-refractivity contribution in [3.8, 4) is 11.5 Å². The van der Waals surface area contributed by atoms with Crippen LogP contribution in [0, 0.1) is 5.92 Å². The highest BCUT2D eigenvalue weighted by Gasteiger charge is 2.70. The summed E-state index contributed by atoms with van der Waals surface area (Å²) in [6.07, 6.45) is 6.85. The van der Waals surface area contributed by atoms with E-state index >= 15 is 0 Å². The molecule has 8 heteroatoms. The van der Waals surface area contributed by atoms with Crippen LogP contribution >= 0.6 is 0 Å². The first-order valence-electron chi connectivity index (χ1n) is 13.7. The molecular formula is C34H27N3O5. The number of nitrogens with zero attached hydrogens (tertiary/aromatic N) is 2. The van der Waals surface area contributed by atoms with E-state index in [1.165, 1.54) is 20.4 Å². The van der Waals surface area contributed by atoms with Gasteiger partial charge in [-0.15, -0.1) is 0 Å². The number of rotatable bonds is 6. The van der Waals surface area contributed by atoms with E-state index in [1.807, 2.05) is 65.7 Å². The molecule has 4 aromatic rings. The maximum absolute atomic E-state index is 14.9. The van der Waals surface area contributed by atoms with E-state index in [2.05, 4.69) is 10.3 Å². The number of para-hydroxylation sites is 1. The highest BCUT2D eigenvalue weighted by Crippen LogP contribution is 2.62. The van der Waals surface area contributed by atoms with Crippen LogP contribution in [-0.2, 0) is 10.2 Å². The van der Waals surface area contributed by atoms with Crippen LogP contribution < -0.4 is 14.8 Å². The molecule has 0 bridgehead atoms. The van der Waals surface area contributed by atoms with E-state index in [4.69, 9.17) is 9.47 Å². The number of ketones is 2. The summed E-state index contributed by atoms with van der Waals surface area (Å²) in [4.78, 5) is 50.2. The Morgan fingerprint density at radius 3 is 2.52 bits per heavy atom. The zero-order valence-electron chi connectivity index (χ0n) is 23.0. The molecular weight excluding hydrogens is 530 g/mol. The van der Waals surface area contributed by atoms with E-state index in [0.29, 0.717) is 28.3 Å². The van der Waals surface area contributed by atoms with Gasteiger partial charge in [0.25, 0.3) is 0 Å². The van der Waals surface area contributed by atoms with Crippen LogP contribution in [0.3, 0.4) is 0 Å². The van der Waals surface area contributed by atoms with Gasteiger partial charge in [-0.25, -0.2) is 0 Å². The number of nitrogens with one attached hydrogen (secondary N) is 1. The van der Waals surface area contributed by atoms with Crippen LogP contribution in [0.15, 0.2) is 97.5 Å². The van der Waals surface area contributed by atoms with E-state index in [0.717, 1.165) is 11.1 Å². The molecule has 1 amide bonds. The number of hydrogen-bond acceptors (Lipinski definition) is 7. The molecule has 3 aromatic carbocycles. The molecule has 3 aliphatic rings. The largest absolute Gasteiger partial charge is 0.497 e. The summed E-state index contributed by atoms with van der Waals surface area (Å²) in [5, 5.41) is 3.06. The minimum Gasteiger partial charge on any atom is -0.497 e. The molecule has 42 heavy (non-hydrogen) atoms. The third-order valence-electron chi connectivity index (χ3n) is 8.74. The lowest BCUT2D eigenvalue weighted by Crippen LogP contribution is -2.49. The van der Waals surface area contributed by atoms with Crippen LogP contribution in [-0.4, -0.2) is 47.6 Å². The number of benzene rings is 3. The average molecular weight is 558 g/mol. The molecule has 0 saturated carbocycles. The predicted octanol–water partition coefficient (Wildman–Crippen LogP) is 5.08. The first-order valence-corrected chi connectivity index (χ1v) is 13.7. The summed E-state index contributed by atoms with van der Waals surface area (Å²) < 4.78 is 11.1. The number of aromatic nitrogens is 1. The Morgan fingerprint density at radius 2 is 1.74 bits per heavy atom. The Bertz CT molecular complexity index is 1790. The Labute approximate surface area is 242 Å². The summed E-state index contributed by atoms with van der Waals surface area (Å²) in [7, 11) is 3.02. The second-order valence-electron chi connectivity index (χ2n) is 10.6. The summed E-state index contributed by atoms with van der Waals surface area (Å²) in [5.74, 6) is -1.29. The van der Waals surface area contributed by atoms with Crippen molar-refractivity contribution < 1.29 is 23.9 Å². The number of carbonyl (C=O) groups is 3. The quantitative estimate of drug-likeness (QED) is 0.330. The highest BCUT2D eigenvalue weighted by atomic mass is 16.5. The third kappa shape index (κ3) is 3.48. The van der Waals surface area contributed by atoms with Crippen molar-refractivity contribution in [2.45, 2.75) is 17.5 Å². The minimum atomic E-state index is -1.42. The third-order valence-corrected chi connectivity index (χ3v) is 8.74. The Hall–Kier alpha value is -5.24. The number of anilines is 1. The van der Waals surface area contributed by atoms with Gasteiger partial charge in [-0.05, 0) is 59.2 Å². The van der Waals surface area contributed by atoms with Crippen molar-refractivity contribution in [3.63, 3.8) is 0 Å². The number of Topliss-reactive ketones (excluding diaryl/α,β-unsaturated/α-hetero) is 2. The molecule has 8 nitrogen and oxygen atoms in total. The number of amides is 1. The van der Waals surface area contributed by atoms with E-state index in [1.54, 1.807) is 36.5 Å². The van der Waals surface area contributed by atoms with Crippen molar-refractivity contribution in [3.05, 3.63) is 125 Å². The van der Waals surface area contributed by atoms with Crippen molar-refractivity contribution in [1.82, 2.24) is 9.88 Å². The predicted molar refractivity (Wildman–Crippen MR) is 157 cm³/mol. The van der Waals surface area contributed by atoms with Crippen LogP contribution in [0.4, 0.5) is 5.69 Å². The molecule has 4 atom stereocenters. The van der Waals surface area contributed by atoms with Gasteiger partial charge >= 0.3 is 0 Å². The van der Waals surface area contributed by atoms with Crippen molar-refractivity contribution >= 4 is 29.2 Å². The van der Waals surface area contributed by atoms with Crippen molar-refractivity contribution in [1.29, 1.82) is 0 Å². The molecule has 0 aliphatic carbocycles. The maximum atomic E-state index is 14.9. The molecule has 4 heterocycles. The van der Waals surface area contributed by atoms with E-state index in [-0.39, 0.29) is 23.0 Å². The summed E-state index contributed by atoms with van der Waals surface area (Å²) >= 11 is 0. The lowest BCUT2D eigenvalue weighted by Gasteiger charge is -2.38. The molecule has 208 valence electrons. The van der Waals surface area contributed by atoms with Crippen molar-refractivity contribution in [2.24, 2.45) is 5.92 Å². The monoisotopic (exact) mass is 557 g/mol. The molecule has 0 unspecified atom stereocenters. The normalized spacial score (nSPS) is 23.1. The van der Waals surface area contributed by atoms with Gasteiger partial charge in [0, 0.05) is 29.8 Å². The molecule has 7 rings (SSSR count). The number of fused-ring (bicyclic) bond motifs is 6. The van der Waals surface area contributed by atoms with E-state index in [9.17, 15) is 14.4 Å². The topological polar surface area (TPSA) is 97.8 Å². The standard InChI is InChI=1S/C34H27N3O5/c1-41-22-13-14-27(42-2)24(18-22)31(39)29-28(30(38)21-9-7-16-35-19-21)34(25-11-5-6-12-26(25)36-33(34)40)32-23-10-4-3-8-20(23)15-17-37(29)32/h3-19,28-29,32H,1-2H3,(H,36,40)/t28-,29+,32-,34+/m1/s1. The second-order valence-corrected chi connectivity index (χ2v) is 10.6.